The molecule has 3 amide bonds. The lowest BCUT2D eigenvalue weighted by Crippen LogP contribution is -2.48. The first kappa shape index (κ1) is 16.9. The molecule has 0 radical (unpaired) electrons. The van der Waals surface area contributed by atoms with Crippen molar-refractivity contribution >= 4 is 17.7 Å². The lowest BCUT2D eigenvalue weighted by Gasteiger charge is -2.16. The van der Waals surface area contributed by atoms with Crippen molar-refractivity contribution < 1.29 is 14.4 Å². The molecule has 0 saturated carbocycles. The molecular formula is C19H19N3O3. The fourth-order valence-corrected chi connectivity index (χ4v) is 2.73. The van der Waals surface area contributed by atoms with E-state index < -0.39 is 6.04 Å². The Morgan fingerprint density at radius 3 is 2.32 bits per heavy atom. The Bertz CT molecular complexity index is 762. The van der Waals surface area contributed by atoms with Crippen LogP contribution in [0.4, 0.5) is 0 Å². The molecule has 1 saturated heterocycles. The molecule has 1 aliphatic rings. The molecule has 0 aromatic heterocycles. The average Bonchev–Trinajstić information content (AvgIpc) is 2.93. The zero-order chi connectivity index (χ0) is 17.6. The van der Waals surface area contributed by atoms with Crippen LogP contribution in [-0.2, 0) is 16.0 Å². The maximum Gasteiger partial charge on any atom is 0.265 e. The van der Waals surface area contributed by atoms with Crippen molar-refractivity contribution in [3.05, 3.63) is 71.8 Å². The highest BCUT2D eigenvalue weighted by Crippen LogP contribution is 2.14. The van der Waals surface area contributed by atoms with Gasteiger partial charge in [0.1, 0.15) is 6.04 Å². The Hall–Kier alpha value is -2.99. The van der Waals surface area contributed by atoms with E-state index in [9.17, 15) is 14.4 Å². The second-order valence-electron chi connectivity index (χ2n) is 5.84. The fraction of sp³-hybridized carbons (Fsp3) is 0.211. The average molecular weight is 337 g/mol. The van der Waals surface area contributed by atoms with Crippen LogP contribution in [0, 0.1) is 0 Å². The van der Waals surface area contributed by atoms with Crippen molar-refractivity contribution in [2.75, 3.05) is 6.54 Å². The maximum atomic E-state index is 12.4. The molecule has 1 aliphatic heterocycles. The molecule has 1 heterocycles. The Morgan fingerprint density at radius 2 is 1.64 bits per heavy atom. The lowest BCUT2D eigenvalue weighted by molar-refractivity contribution is -0.138. The summed E-state index contributed by atoms with van der Waals surface area (Å²) in [4.78, 5) is 37.7. The van der Waals surface area contributed by atoms with Crippen LogP contribution in [0.15, 0.2) is 60.7 Å². The van der Waals surface area contributed by atoms with Gasteiger partial charge in [0, 0.05) is 12.1 Å². The predicted octanol–water partition coefficient (Wildman–Crippen LogP) is 1.29. The van der Waals surface area contributed by atoms with Crippen molar-refractivity contribution in [1.29, 1.82) is 0 Å². The van der Waals surface area contributed by atoms with Gasteiger partial charge in [0.2, 0.25) is 11.8 Å². The van der Waals surface area contributed by atoms with Crippen molar-refractivity contribution in [3.8, 4) is 0 Å². The van der Waals surface area contributed by atoms with E-state index in [-0.39, 0.29) is 24.1 Å². The number of nitrogens with one attached hydrogen (secondary N) is 2. The SMILES string of the molecule is O=C(NNC1CC(=O)N(CCc2ccccc2)C1=O)c1ccccc1. The quantitative estimate of drug-likeness (QED) is 0.615. The summed E-state index contributed by atoms with van der Waals surface area (Å²) in [5.41, 5.74) is 6.72. The molecule has 1 unspecified atom stereocenters. The topological polar surface area (TPSA) is 78.5 Å². The first-order valence-corrected chi connectivity index (χ1v) is 8.14. The Morgan fingerprint density at radius 1 is 1.00 bits per heavy atom. The Labute approximate surface area is 145 Å². The number of carbonyl (C=O) groups excluding carboxylic acids is 3. The lowest BCUT2D eigenvalue weighted by atomic mass is 10.1. The molecule has 2 aromatic rings. The van der Waals surface area contributed by atoms with Gasteiger partial charge in [0.25, 0.3) is 5.91 Å². The molecule has 25 heavy (non-hydrogen) atoms. The number of hydrogen-bond acceptors (Lipinski definition) is 4. The molecule has 0 bridgehead atoms. The zero-order valence-corrected chi connectivity index (χ0v) is 13.6. The molecule has 6 nitrogen and oxygen atoms in total. The predicted molar refractivity (Wildman–Crippen MR) is 92.3 cm³/mol. The van der Waals surface area contributed by atoms with Gasteiger partial charge in [-0.2, -0.15) is 0 Å². The van der Waals surface area contributed by atoms with Crippen LogP contribution in [-0.4, -0.2) is 35.2 Å². The first-order valence-electron chi connectivity index (χ1n) is 8.14. The number of benzene rings is 2. The van der Waals surface area contributed by atoms with Gasteiger partial charge in [-0.15, -0.1) is 0 Å². The normalized spacial score (nSPS) is 17.0. The minimum atomic E-state index is -0.726. The van der Waals surface area contributed by atoms with E-state index in [4.69, 9.17) is 0 Å². The summed E-state index contributed by atoms with van der Waals surface area (Å²) in [6.45, 7) is 0.340. The summed E-state index contributed by atoms with van der Waals surface area (Å²) in [7, 11) is 0. The minimum Gasteiger partial charge on any atom is -0.287 e. The van der Waals surface area contributed by atoms with Crippen molar-refractivity contribution in [1.82, 2.24) is 15.8 Å². The van der Waals surface area contributed by atoms with Crippen molar-refractivity contribution in [2.45, 2.75) is 18.9 Å². The molecule has 1 atom stereocenters. The number of hydrogen-bond donors (Lipinski definition) is 2. The third-order valence-corrected chi connectivity index (χ3v) is 4.11. The summed E-state index contributed by atoms with van der Waals surface area (Å²) in [6, 6.07) is 17.6. The summed E-state index contributed by atoms with van der Waals surface area (Å²) >= 11 is 0. The number of rotatable bonds is 6. The summed E-state index contributed by atoms with van der Waals surface area (Å²) < 4.78 is 0. The molecule has 128 valence electrons. The van der Waals surface area contributed by atoms with Gasteiger partial charge in [-0.3, -0.25) is 24.7 Å². The number of likely N-dealkylation sites (tertiary alicyclic amines) is 1. The third-order valence-electron chi connectivity index (χ3n) is 4.11. The van der Waals surface area contributed by atoms with E-state index in [1.54, 1.807) is 24.3 Å². The van der Waals surface area contributed by atoms with Gasteiger partial charge in [-0.1, -0.05) is 48.5 Å². The molecule has 2 N–H and O–H groups in total. The standard InChI is InChI=1S/C19H19N3O3/c23-17-13-16(20-21-18(24)15-9-5-2-6-10-15)19(25)22(17)12-11-14-7-3-1-4-8-14/h1-10,16,20H,11-13H2,(H,21,24). The Kier molecular flexibility index (Phi) is 5.20. The van der Waals surface area contributed by atoms with E-state index in [2.05, 4.69) is 10.9 Å². The van der Waals surface area contributed by atoms with Crippen LogP contribution >= 0.6 is 0 Å². The molecule has 1 fully saturated rings. The monoisotopic (exact) mass is 337 g/mol. The van der Waals surface area contributed by atoms with Gasteiger partial charge in [0.05, 0.1) is 6.42 Å². The summed E-state index contributed by atoms with van der Waals surface area (Å²) in [5.74, 6) is -0.884. The van der Waals surface area contributed by atoms with Crippen LogP contribution < -0.4 is 10.9 Å². The van der Waals surface area contributed by atoms with E-state index in [0.29, 0.717) is 18.5 Å². The molecule has 6 heteroatoms. The minimum absolute atomic E-state index is 0.0443. The maximum absolute atomic E-state index is 12.4. The molecule has 2 aromatic carbocycles. The van der Waals surface area contributed by atoms with Crippen LogP contribution in [0.1, 0.15) is 22.3 Å². The highest BCUT2D eigenvalue weighted by Gasteiger charge is 2.38. The zero-order valence-electron chi connectivity index (χ0n) is 13.6. The smallest absolute Gasteiger partial charge is 0.265 e. The molecule has 0 spiro atoms. The largest absolute Gasteiger partial charge is 0.287 e. The molecule has 0 aliphatic carbocycles. The van der Waals surface area contributed by atoms with Crippen LogP contribution in [0.25, 0.3) is 0 Å². The number of carbonyl (C=O) groups is 3. The van der Waals surface area contributed by atoms with E-state index >= 15 is 0 Å². The number of imide groups is 1. The second-order valence-corrected chi connectivity index (χ2v) is 5.84. The van der Waals surface area contributed by atoms with Crippen LogP contribution in [0.2, 0.25) is 0 Å². The summed E-state index contributed by atoms with van der Waals surface area (Å²) in [6.07, 6.45) is 0.657. The third kappa shape index (κ3) is 4.10. The number of nitrogens with zero attached hydrogens (tertiary/aromatic N) is 1. The van der Waals surface area contributed by atoms with Crippen molar-refractivity contribution in [3.63, 3.8) is 0 Å². The van der Waals surface area contributed by atoms with E-state index in [1.165, 1.54) is 4.90 Å². The first-order chi connectivity index (χ1) is 12.1. The number of hydrazine groups is 1. The number of amides is 3. The van der Waals surface area contributed by atoms with Crippen LogP contribution in [0.3, 0.4) is 0 Å². The highest BCUT2D eigenvalue weighted by molar-refractivity contribution is 6.05. The van der Waals surface area contributed by atoms with E-state index in [1.807, 2.05) is 36.4 Å². The van der Waals surface area contributed by atoms with Gasteiger partial charge in [-0.05, 0) is 24.1 Å². The molecule has 3 rings (SSSR count). The fourth-order valence-electron chi connectivity index (χ4n) is 2.73. The van der Waals surface area contributed by atoms with E-state index in [0.717, 1.165) is 5.56 Å². The summed E-state index contributed by atoms with van der Waals surface area (Å²) in [5, 5.41) is 0. The van der Waals surface area contributed by atoms with Gasteiger partial charge >= 0.3 is 0 Å². The van der Waals surface area contributed by atoms with Gasteiger partial charge in [-0.25, -0.2) is 5.43 Å². The second kappa shape index (κ2) is 7.72. The van der Waals surface area contributed by atoms with Crippen molar-refractivity contribution in [2.24, 2.45) is 0 Å². The highest BCUT2D eigenvalue weighted by atomic mass is 16.2. The Balaban J connectivity index is 1.53. The molecular weight excluding hydrogens is 318 g/mol. The van der Waals surface area contributed by atoms with Crippen LogP contribution in [0.5, 0.6) is 0 Å². The van der Waals surface area contributed by atoms with Gasteiger partial charge in [0.15, 0.2) is 0 Å². The van der Waals surface area contributed by atoms with Gasteiger partial charge < -0.3 is 0 Å².